The molecule has 0 saturated carbocycles. The second kappa shape index (κ2) is 40.2. The minimum atomic E-state index is -3.31. The van der Waals surface area contributed by atoms with E-state index in [2.05, 4.69) is 26.6 Å². The van der Waals surface area contributed by atoms with Crippen LogP contribution in [0.25, 0.3) is 21.9 Å². The Morgan fingerprint density at radius 1 is 0.367 bits per heavy atom. The fourth-order valence-corrected chi connectivity index (χ4v) is 22.4. The van der Waals surface area contributed by atoms with Crippen molar-refractivity contribution < 1.29 is 57.6 Å². The highest BCUT2D eigenvalue weighted by Crippen LogP contribution is 2.37. The van der Waals surface area contributed by atoms with E-state index in [1.165, 1.54) is 17.2 Å². The Bertz CT molecular complexity index is 6720. The quantitative estimate of drug-likeness (QED) is 0.0461. The lowest BCUT2D eigenvalue weighted by Gasteiger charge is -2.28. The number of anilines is 11. The molecule has 0 aromatic heterocycles. The molecule has 0 radical (unpaired) electrons. The molecule has 0 atom stereocenters. The number of carbonyl (C=O) groups excluding carboxylic acids is 5. The maximum absolute atomic E-state index is 12.8. The molecule has 12 aromatic rings. The summed E-state index contributed by atoms with van der Waals surface area (Å²) in [7, 11) is -9.18. The fraction of sp³-hybridized carbons (Fsp3) is 0.208. The molecule has 12 aromatic carbocycles. The molecule has 0 bridgehead atoms. The lowest BCUT2D eigenvalue weighted by molar-refractivity contribution is 0.101. The van der Waals surface area contributed by atoms with Crippen LogP contribution in [0.2, 0.25) is 15.1 Å². The highest BCUT2D eigenvalue weighted by Gasteiger charge is 2.31. The predicted octanol–water partition coefficient (Wildman–Crippen LogP) is 19.1. The summed E-state index contributed by atoms with van der Waals surface area (Å²) in [4.78, 5) is 70.4. The van der Waals surface area contributed by atoms with E-state index in [1.807, 2.05) is 123 Å². The summed E-state index contributed by atoms with van der Waals surface area (Å²) in [5, 5.41) is 17.8. The van der Waals surface area contributed by atoms with Gasteiger partial charge in [-0.05, 0) is 269 Å². The standard InChI is InChI=1S/C25H24ClN3O4S.C25H22ClN3O3S.C25H26ClN3O3S.C21H21N3O3S/c1-17-7-10-21(16-23(17)28-25(31)19-5-4-6-20(26)15-19)27-24(30)18-8-11-22(12-9-18)29-13-2-3-14-34(29,32)33;26-22-12-9-19(16-21(22)24-15-18-5-1-2-6-23(18)28-24)27-25(30)17-7-10-20(11-8-17)29-13-3-4-14-33(29,31)32;1-28(2)21-10-5-18(6-11-21)23-17-20(9-14-24(23)26)27-25(30)19-7-12-22(13-8-19)29-15-3-4-16-33(29,31)32;22-19-7-3-6-18-17(19)5-4-8-20(18)23-21(25)15-9-11-16(12-10-15)24-13-1-2-14-28(24,26)27/h4-12,15-16H,2-3,13-14H2,1H3,(H,27,30)(H,28,31);1-2,5-12,16H,3-4,13-15H2,(H,27,30);5-14,17H,3-4,15-16H2,1-2H3,(H,27,30);3-12H,1-2,13-14,22H2,(H,23,25). The van der Waals surface area contributed by atoms with Gasteiger partial charge < -0.3 is 37.2 Å². The number of nitrogens with one attached hydrogen (secondary N) is 5. The van der Waals surface area contributed by atoms with Gasteiger partial charge in [0, 0.05) is 151 Å². The first-order chi connectivity index (χ1) is 61.3. The van der Waals surface area contributed by atoms with Crippen molar-refractivity contribution in [2.75, 3.05) is 118 Å². The lowest BCUT2D eigenvalue weighted by atomic mass is 10.0. The van der Waals surface area contributed by atoms with E-state index in [-0.39, 0.29) is 52.5 Å². The first-order valence-corrected chi connectivity index (χ1v) is 49.1. The van der Waals surface area contributed by atoms with Gasteiger partial charge in [0.2, 0.25) is 40.1 Å². The number of hydrogen-bond donors (Lipinski definition) is 6. The smallest absolute Gasteiger partial charge is 0.255 e. The molecule has 128 heavy (non-hydrogen) atoms. The van der Waals surface area contributed by atoms with Crippen LogP contribution in [0.15, 0.2) is 266 Å². The van der Waals surface area contributed by atoms with Gasteiger partial charge in [-0.25, -0.2) is 33.7 Å². The van der Waals surface area contributed by atoms with Crippen LogP contribution in [-0.2, 0) is 46.5 Å². The Kier molecular flexibility index (Phi) is 28.7. The second-order valence-corrected chi connectivity index (χ2v) is 40.6. The number of nitrogens with two attached hydrogens (primary N) is 1. The van der Waals surface area contributed by atoms with E-state index < -0.39 is 40.1 Å². The summed E-state index contributed by atoms with van der Waals surface area (Å²) in [5.74, 6) is -0.856. The molecule has 32 heteroatoms. The Morgan fingerprint density at radius 3 is 1.20 bits per heavy atom. The number of sulfonamides is 4. The SMILES string of the molecule is CN(C)c1ccc(-c2cc(NC(=O)c3ccc(N4CCCCS4(=O)=O)cc3)ccc2Cl)cc1.Cc1ccc(NC(=O)c2ccc(N3CCCCS3(=O)=O)cc2)cc1NC(=O)c1cccc(Cl)c1.Nc1cccc2c(NC(=O)c3ccc(N4CCCCS4(=O)=O)cc3)cccc12.O=C(Nc1ccc(Cl)c(C2=Nc3ccccc3C2)c1)c1ccc(N2CCCCS2(=O)=O)cc1. The zero-order chi connectivity index (χ0) is 90.6. The Labute approximate surface area is 760 Å². The van der Waals surface area contributed by atoms with E-state index >= 15 is 0 Å². The number of benzene rings is 12. The number of nitrogen functional groups attached to an aromatic ring is 1. The maximum atomic E-state index is 12.8. The summed E-state index contributed by atoms with van der Waals surface area (Å²) in [6.45, 7) is 3.71. The van der Waals surface area contributed by atoms with Crippen molar-refractivity contribution >= 4 is 189 Å². The molecule has 5 aliphatic rings. The van der Waals surface area contributed by atoms with Gasteiger partial charge in [-0.1, -0.05) is 102 Å². The van der Waals surface area contributed by atoms with Gasteiger partial charge in [0.15, 0.2) is 0 Å². The molecule has 25 nitrogen and oxygen atoms in total. The van der Waals surface area contributed by atoms with Crippen molar-refractivity contribution in [3.63, 3.8) is 0 Å². The molecule has 4 saturated heterocycles. The molecular weight excluding hydrogens is 1760 g/mol. The summed E-state index contributed by atoms with van der Waals surface area (Å²) < 4.78 is 104. The monoisotopic (exact) mass is 1850 g/mol. The van der Waals surface area contributed by atoms with Crippen LogP contribution in [0, 0.1) is 6.92 Å². The predicted molar refractivity (Wildman–Crippen MR) is 517 cm³/mol. The third-order valence-corrected chi connectivity index (χ3v) is 30.5. The number of hydrogen-bond acceptors (Lipinski definition) is 16. The van der Waals surface area contributed by atoms with Gasteiger partial charge in [-0.3, -0.25) is 46.2 Å². The third kappa shape index (κ3) is 22.3. The van der Waals surface area contributed by atoms with E-state index in [1.54, 1.807) is 164 Å². The van der Waals surface area contributed by atoms with Gasteiger partial charge in [-0.15, -0.1) is 0 Å². The van der Waals surface area contributed by atoms with Crippen molar-refractivity contribution in [3.05, 3.63) is 320 Å². The number of amides is 5. The number of nitrogens with zero attached hydrogens (tertiary/aromatic N) is 6. The molecule has 4 fully saturated rings. The summed E-state index contributed by atoms with van der Waals surface area (Å²) in [6, 6.07) is 76.1. The highest BCUT2D eigenvalue weighted by atomic mass is 35.5. The normalized spacial score (nSPS) is 15.7. The van der Waals surface area contributed by atoms with E-state index in [0.29, 0.717) is 158 Å². The molecule has 0 aliphatic carbocycles. The van der Waals surface area contributed by atoms with Gasteiger partial charge in [0.1, 0.15) is 0 Å². The lowest BCUT2D eigenvalue weighted by Crippen LogP contribution is -2.37. The van der Waals surface area contributed by atoms with Crippen molar-refractivity contribution in [1.82, 2.24) is 0 Å². The van der Waals surface area contributed by atoms with Gasteiger partial charge >= 0.3 is 0 Å². The number of fused-ring (bicyclic) bond motifs is 2. The fourth-order valence-electron chi connectivity index (χ4n) is 15.2. The number of rotatable bonds is 17. The third-order valence-electron chi connectivity index (χ3n) is 22.2. The number of carbonyl (C=O) groups is 5. The molecule has 5 heterocycles. The van der Waals surface area contributed by atoms with Crippen molar-refractivity contribution in [2.24, 2.45) is 4.99 Å². The zero-order valence-corrected chi connectivity index (χ0v) is 75.7. The topological polar surface area (TPSA) is 337 Å². The van der Waals surface area contributed by atoms with Gasteiger partial charge in [-0.2, -0.15) is 0 Å². The average Bonchev–Trinajstić information content (AvgIpc) is 1.26. The molecule has 7 N–H and O–H groups in total. The minimum Gasteiger partial charge on any atom is -0.398 e. The van der Waals surface area contributed by atoms with Crippen LogP contribution in [0.5, 0.6) is 0 Å². The first kappa shape index (κ1) is 91.6. The van der Waals surface area contributed by atoms with Gasteiger partial charge in [0.05, 0.1) is 57.2 Å². The number of halogens is 3. The van der Waals surface area contributed by atoms with Crippen LogP contribution in [0.1, 0.15) is 120 Å². The second-order valence-electron chi connectivity index (χ2n) is 31.3. The molecule has 0 spiro atoms. The Hall–Kier alpha value is -12.6. The largest absolute Gasteiger partial charge is 0.398 e. The first-order valence-electron chi connectivity index (χ1n) is 41.5. The molecular formula is C96H93Cl3N12O13S4. The van der Waals surface area contributed by atoms with Crippen LogP contribution in [0.4, 0.5) is 68.2 Å². The van der Waals surface area contributed by atoms with E-state index in [9.17, 15) is 57.6 Å². The maximum Gasteiger partial charge on any atom is 0.255 e. The van der Waals surface area contributed by atoms with Crippen molar-refractivity contribution in [2.45, 2.75) is 64.7 Å². The molecule has 17 rings (SSSR count). The summed E-state index contributed by atoms with van der Waals surface area (Å²) in [6.07, 6.45) is 6.72. The molecule has 0 unspecified atom stereocenters. The summed E-state index contributed by atoms with van der Waals surface area (Å²) >= 11 is 18.8. The molecule has 660 valence electrons. The number of aliphatic imine (C=N–C) groups is 1. The minimum absolute atomic E-state index is 0.138. The summed E-state index contributed by atoms with van der Waals surface area (Å²) in [5.41, 5.74) is 21.6. The van der Waals surface area contributed by atoms with Crippen molar-refractivity contribution in [3.8, 4) is 11.1 Å². The zero-order valence-electron chi connectivity index (χ0n) is 70.2. The van der Waals surface area contributed by atoms with Crippen LogP contribution in [-0.4, -0.2) is 132 Å². The van der Waals surface area contributed by atoms with Crippen molar-refractivity contribution in [1.29, 1.82) is 0 Å². The van der Waals surface area contributed by atoms with Crippen LogP contribution >= 0.6 is 34.8 Å². The average molecular weight is 1860 g/mol. The van der Waals surface area contributed by atoms with E-state index in [4.69, 9.17) is 45.5 Å². The van der Waals surface area contributed by atoms with Crippen LogP contribution < -0.4 is 54.4 Å². The molecule has 5 aliphatic heterocycles. The number of para-hydroxylation sites is 1. The molecule has 5 amide bonds. The van der Waals surface area contributed by atoms with E-state index in [0.717, 1.165) is 81.4 Å². The Morgan fingerprint density at radius 2 is 0.758 bits per heavy atom. The highest BCUT2D eigenvalue weighted by molar-refractivity contribution is 7.93. The van der Waals surface area contributed by atoms with Gasteiger partial charge in [0.25, 0.3) is 29.5 Å². The van der Waals surface area contributed by atoms with Crippen LogP contribution in [0.3, 0.4) is 0 Å². The number of aryl methyl sites for hydroxylation is 1. The Balaban J connectivity index is 0.000000138.